The van der Waals surface area contributed by atoms with Crippen LogP contribution in [-0.4, -0.2) is 7.05 Å². The number of hydrogen-bond acceptors (Lipinski definition) is 2. The summed E-state index contributed by atoms with van der Waals surface area (Å²) < 4.78 is 0. The third-order valence-electron chi connectivity index (χ3n) is 3.32. The van der Waals surface area contributed by atoms with Crippen LogP contribution in [0.15, 0.2) is 42.5 Å². The lowest BCUT2D eigenvalue weighted by Crippen LogP contribution is -2.16. The van der Waals surface area contributed by atoms with Gasteiger partial charge in [-0.15, -0.1) is 0 Å². The molecule has 0 saturated carbocycles. The lowest BCUT2D eigenvalue weighted by Gasteiger charge is -2.20. The molecule has 2 N–H and O–H groups in total. The first-order chi connectivity index (χ1) is 8.56. The van der Waals surface area contributed by atoms with Gasteiger partial charge in [0, 0.05) is 25.0 Å². The zero-order valence-electron chi connectivity index (χ0n) is 11.3. The molecule has 0 aromatic heterocycles. The predicted molar refractivity (Wildman–Crippen MR) is 78.9 cm³/mol. The summed E-state index contributed by atoms with van der Waals surface area (Å²) in [5, 5.41) is 0. The molecule has 0 bridgehead atoms. The van der Waals surface area contributed by atoms with E-state index in [4.69, 9.17) is 5.73 Å². The van der Waals surface area contributed by atoms with Gasteiger partial charge in [-0.3, -0.25) is 0 Å². The molecule has 2 aromatic rings. The Bertz CT molecular complexity index is 529. The zero-order chi connectivity index (χ0) is 13.1. The third-order valence-corrected chi connectivity index (χ3v) is 3.32. The molecule has 2 heteroatoms. The van der Waals surface area contributed by atoms with Crippen molar-refractivity contribution in [3.05, 3.63) is 59.2 Å². The minimum absolute atomic E-state index is 0.804. The van der Waals surface area contributed by atoms with Crippen molar-refractivity contribution in [2.45, 2.75) is 20.4 Å². The lowest BCUT2D eigenvalue weighted by molar-refractivity contribution is 0.920. The summed E-state index contributed by atoms with van der Waals surface area (Å²) in [7, 11) is 2.10. The van der Waals surface area contributed by atoms with E-state index in [9.17, 15) is 0 Å². The Morgan fingerprint density at radius 1 is 0.944 bits per heavy atom. The van der Waals surface area contributed by atoms with Crippen LogP contribution in [0.25, 0.3) is 0 Å². The Labute approximate surface area is 109 Å². The van der Waals surface area contributed by atoms with Gasteiger partial charge in [0.1, 0.15) is 0 Å². The molecule has 0 aliphatic carbocycles. The number of benzene rings is 2. The Hall–Kier alpha value is -1.96. The summed E-state index contributed by atoms with van der Waals surface area (Å²) >= 11 is 0. The highest BCUT2D eigenvalue weighted by Crippen LogP contribution is 2.18. The molecular weight excluding hydrogens is 220 g/mol. The molecule has 2 aromatic carbocycles. The Morgan fingerprint density at radius 3 is 2.22 bits per heavy atom. The van der Waals surface area contributed by atoms with Gasteiger partial charge < -0.3 is 10.6 Å². The Morgan fingerprint density at radius 2 is 1.61 bits per heavy atom. The van der Waals surface area contributed by atoms with Gasteiger partial charge in [0.2, 0.25) is 0 Å². The highest BCUT2D eigenvalue weighted by atomic mass is 15.1. The number of rotatable bonds is 3. The van der Waals surface area contributed by atoms with E-state index in [0.717, 1.165) is 12.2 Å². The second kappa shape index (κ2) is 5.13. The van der Waals surface area contributed by atoms with Crippen LogP contribution in [0.1, 0.15) is 16.7 Å². The first-order valence-corrected chi connectivity index (χ1v) is 6.19. The van der Waals surface area contributed by atoms with E-state index < -0.39 is 0 Å². The average Bonchev–Trinajstić information content (AvgIpc) is 2.34. The highest BCUT2D eigenvalue weighted by Gasteiger charge is 2.03. The van der Waals surface area contributed by atoms with E-state index in [-0.39, 0.29) is 0 Å². The second-order valence-corrected chi connectivity index (χ2v) is 4.87. The largest absolute Gasteiger partial charge is 0.399 e. The van der Waals surface area contributed by atoms with Gasteiger partial charge in [-0.25, -0.2) is 0 Å². The molecule has 0 amide bonds. The molecule has 0 saturated heterocycles. The molecule has 2 rings (SSSR count). The first kappa shape index (κ1) is 12.5. The summed E-state index contributed by atoms with van der Waals surface area (Å²) in [5.74, 6) is 0. The molecular formula is C16H20N2. The maximum absolute atomic E-state index is 5.70. The van der Waals surface area contributed by atoms with E-state index in [1.807, 2.05) is 12.1 Å². The van der Waals surface area contributed by atoms with Crippen molar-refractivity contribution in [3.63, 3.8) is 0 Å². The molecule has 0 atom stereocenters. The first-order valence-electron chi connectivity index (χ1n) is 6.19. The second-order valence-electron chi connectivity index (χ2n) is 4.87. The number of nitrogens with two attached hydrogens (primary N) is 1. The van der Waals surface area contributed by atoms with Crippen LogP contribution < -0.4 is 10.6 Å². The van der Waals surface area contributed by atoms with Gasteiger partial charge in [-0.1, -0.05) is 18.2 Å². The summed E-state index contributed by atoms with van der Waals surface area (Å²) in [4.78, 5) is 2.23. The van der Waals surface area contributed by atoms with Crippen molar-refractivity contribution < 1.29 is 0 Å². The lowest BCUT2D eigenvalue weighted by atomic mass is 10.1. The smallest absolute Gasteiger partial charge is 0.0426 e. The molecule has 0 unspecified atom stereocenters. The van der Waals surface area contributed by atoms with Crippen LogP contribution in [0.4, 0.5) is 11.4 Å². The summed E-state index contributed by atoms with van der Waals surface area (Å²) in [6.45, 7) is 5.20. The van der Waals surface area contributed by atoms with Crippen LogP contribution in [0, 0.1) is 13.8 Å². The van der Waals surface area contributed by atoms with Crippen molar-refractivity contribution >= 4 is 11.4 Å². The van der Waals surface area contributed by atoms with Crippen molar-refractivity contribution in [1.82, 2.24) is 0 Å². The van der Waals surface area contributed by atoms with Crippen molar-refractivity contribution in [2.24, 2.45) is 0 Å². The van der Waals surface area contributed by atoms with Gasteiger partial charge in [0.15, 0.2) is 0 Å². The van der Waals surface area contributed by atoms with Gasteiger partial charge in [-0.05, 0) is 54.8 Å². The molecule has 0 spiro atoms. The van der Waals surface area contributed by atoms with Gasteiger partial charge in [0.25, 0.3) is 0 Å². The fraction of sp³-hybridized carbons (Fsp3) is 0.250. The van der Waals surface area contributed by atoms with Crippen LogP contribution in [0.5, 0.6) is 0 Å². The predicted octanol–water partition coefficient (Wildman–Crippen LogP) is 3.52. The average molecular weight is 240 g/mol. The van der Waals surface area contributed by atoms with E-state index in [1.54, 1.807) is 0 Å². The van der Waals surface area contributed by atoms with Gasteiger partial charge >= 0.3 is 0 Å². The molecule has 0 fully saturated rings. The highest BCUT2D eigenvalue weighted by molar-refractivity contribution is 5.53. The van der Waals surface area contributed by atoms with Gasteiger partial charge in [0.05, 0.1) is 0 Å². The van der Waals surface area contributed by atoms with Crippen molar-refractivity contribution in [1.29, 1.82) is 0 Å². The molecule has 2 nitrogen and oxygen atoms in total. The van der Waals surface area contributed by atoms with Crippen LogP contribution in [0.3, 0.4) is 0 Å². The van der Waals surface area contributed by atoms with E-state index >= 15 is 0 Å². The number of aryl methyl sites for hydroxylation is 2. The van der Waals surface area contributed by atoms with Crippen LogP contribution in [0.2, 0.25) is 0 Å². The zero-order valence-corrected chi connectivity index (χ0v) is 11.3. The fourth-order valence-electron chi connectivity index (χ4n) is 2.00. The Kier molecular flexibility index (Phi) is 3.56. The number of nitrogen functional groups attached to an aromatic ring is 1. The molecule has 0 radical (unpaired) electrons. The molecule has 18 heavy (non-hydrogen) atoms. The summed E-state index contributed by atoms with van der Waals surface area (Å²) in [6.07, 6.45) is 0. The molecule has 0 aliphatic rings. The SMILES string of the molecule is Cc1ccc(CN(C)c2ccc(N)cc2)cc1C. The maximum Gasteiger partial charge on any atom is 0.0426 e. The Balaban J connectivity index is 2.13. The summed E-state index contributed by atoms with van der Waals surface area (Å²) in [6, 6.07) is 14.6. The normalized spacial score (nSPS) is 10.4. The van der Waals surface area contributed by atoms with Crippen molar-refractivity contribution in [2.75, 3.05) is 17.7 Å². The molecule has 94 valence electrons. The summed E-state index contributed by atoms with van der Waals surface area (Å²) in [5.41, 5.74) is 11.7. The third kappa shape index (κ3) is 2.83. The quantitative estimate of drug-likeness (QED) is 0.832. The number of anilines is 2. The van der Waals surface area contributed by atoms with Crippen LogP contribution in [-0.2, 0) is 6.54 Å². The van der Waals surface area contributed by atoms with E-state index in [2.05, 4.69) is 56.1 Å². The standard InChI is InChI=1S/C16H20N2/c1-12-4-5-14(10-13(12)2)11-18(3)16-8-6-15(17)7-9-16/h4-10H,11,17H2,1-3H3. The minimum atomic E-state index is 0.804. The number of nitrogens with zero attached hydrogens (tertiary/aromatic N) is 1. The maximum atomic E-state index is 5.70. The minimum Gasteiger partial charge on any atom is -0.399 e. The van der Waals surface area contributed by atoms with Crippen LogP contribution >= 0.6 is 0 Å². The van der Waals surface area contributed by atoms with E-state index in [1.165, 1.54) is 22.4 Å². The van der Waals surface area contributed by atoms with Gasteiger partial charge in [-0.2, -0.15) is 0 Å². The van der Waals surface area contributed by atoms with Crippen molar-refractivity contribution in [3.8, 4) is 0 Å². The number of hydrogen-bond donors (Lipinski definition) is 1. The topological polar surface area (TPSA) is 29.3 Å². The fourth-order valence-corrected chi connectivity index (χ4v) is 2.00. The molecule has 0 aliphatic heterocycles. The molecule has 0 heterocycles. The monoisotopic (exact) mass is 240 g/mol. The van der Waals surface area contributed by atoms with E-state index in [0.29, 0.717) is 0 Å².